The average molecular weight is 447 g/mol. The van der Waals surface area contributed by atoms with Crippen LogP contribution in [-0.2, 0) is 19.6 Å². The normalized spacial score (nSPS) is 21.9. The van der Waals surface area contributed by atoms with Gasteiger partial charge < -0.3 is 19.2 Å². The van der Waals surface area contributed by atoms with Gasteiger partial charge in [-0.2, -0.15) is 4.31 Å². The van der Waals surface area contributed by atoms with E-state index >= 15 is 0 Å². The summed E-state index contributed by atoms with van der Waals surface area (Å²) >= 11 is 0. The fourth-order valence-corrected chi connectivity index (χ4v) is 5.19. The third-order valence-electron chi connectivity index (χ3n) is 5.54. The molecule has 8 nitrogen and oxygen atoms in total. The van der Waals surface area contributed by atoms with E-state index in [1.54, 1.807) is 12.1 Å². The third-order valence-corrected chi connectivity index (χ3v) is 7.46. The highest BCUT2D eigenvalue weighted by Crippen LogP contribution is 2.47. The zero-order chi connectivity index (χ0) is 22.0. The average Bonchev–Trinajstić information content (AvgIpc) is 3.32. The Balaban J connectivity index is 1.47. The van der Waals surface area contributed by atoms with Gasteiger partial charge in [-0.15, -0.1) is 0 Å². The number of nitrogens with one attached hydrogen (secondary N) is 1. The number of carbonyl (C=O) groups is 1. The van der Waals surface area contributed by atoms with E-state index < -0.39 is 15.9 Å². The maximum absolute atomic E-state index is 13.1. The Morgan fingerprint density at radius 3 is 2.65 bits per heavy atom. The summed E-state index contributed by atoms with van der Waals surface area (Å²) in [6.45, 7) is 3.41. The molecule has 2 aromatic rings. The Labute approximate surface area is 181 Å². The van der Waals surface area contributed by atoms with E-state index in [0.29, 0.717) is 36.5 Å². The third kappa shape index (κ3) is 4.84. The Kier molecular flexibility index (Phi) is 6.17. The number of furan rings is 1. The summed E-state index contributed by atoms with van der Waals surface area (Å²) in [7, 11) is -2.37. The minimum Gasteiger partial charge on any atom is -0.495 e. The van der Waals surface area contributed by atoms with E-state index in [4.69, 9.17) is 13.9 Å². The van der Waals surface area contributed by atoms with Crippen LogP contribution in [0.5, 0.6) is 5.75 Å². The second-order valence-corrected chi connectivity index (χ2v) is 9.67. The topological polar surface area (TPSA) is 98.1 Å². The highest BCUT2D eigenvalue weighted by atomic mass is 32.2. The van der Waals surface area contributed by atoms with Gasteiger partial charge in [0.15, 0.2) is 0 Å². The number of anilines is 1. The van der Waals surface area contributed by atoms with Gasteiger partial charge in [-0.25, -0.2) is 8.42 Å². The van der Waals surface area contributed by atoms with Crippen molar-refractivity contribution in [3.8, 4) is 5.75 Å². The molecule has 166 valence electrons. The number of methoxy groups -OCH3 is 1. The monoisotopic (exact) mass is 446 g/mol. The molecular formula is C22H26N2O6S. The van der Waals surface area contributed by atoms with E-state index in [-0.39, 0.29) is 23.7 Å². The predicted octanol–water partition coefficient (Wildman–Crippen LogP) is 3.08. The minimum atomic E-state index is -3.78. The fraction of sp³-hybridized carbons (Fsp3) is 0.409. The highest BCUT2D eigenvalue weighted by Gasteiger charge is 2.36. The summed E-state index contributed by atoms with van der Waals surface area (Å²) in [6, 6.07) is 8.32. The molecule has 1 saturated carbocycles. The smallest absolute Gasteiger partial charge is 0.248 e. The molecule has 4 rings (SSSR count). The Morgan fingerprint density at radius 2 is 1.97 bits per heavy atom. The second-order valence-electron chi connectivity index (χ2n) is 7.76. The molecule has 1 amide bonds. The van der Waals surface area contributed by atoms with Crippen LogP contribution in [0, 0.1) is 5.92 Å². The van der Waals surface area contributed by atoms with Gasteiger partial charge in [0.2, 0.25) is 15.9 Å². The highest BCUT2D eigenvalue weighted by molar-refractivity contribution is 7.89. The molecule has 0 spiro atoms. The largest absolute Gasteiger partial charge is 0.495 e. The van der Waals surface area contributed by atoms with E-state index in [9.17, 15) is 13.2 Å². The first-order valence-corrected chi connectivity index (χ1v) is 11.7. The van der Waals surface area contributed by atoms with Crippen molar-refractivity contribution in [2.24, 2.45) is 5.92 Å². The summed E-state index contributed by atoms with van der Waals surface area (Å²) in [6.07, 6.45) is 4.09. The molecule has 1 aliphatic carbocycles. The van der Waals surface area contributed by atoms with Crippen LogP contribution in [0.4, 0.5) is 5.69 Å². The van der Waals surface area contributed by atoms with Crippen LogP contribution in [0.2, 0.25) is 0 Å². The molecule has 1 aliphatic heterocycles. The Morgan fingerprint density at radius 1 is 1.23 bits per heavy atom. The molecular weight excluding hydrogens is 420 g/mol. The number of amides is 1. The Hall–Kier alpha value is -2.62. The van der Waals surface area contributed by atoms with Gasteiger partial charge in [0.1, 0.15) is 22.2 Å². The number of hydrogen-bond acceptors (Lipinski definition) is 6. The van der Waals surface area contributed by atoms with Crippen molar-refractivity contribution in [2.45, 2.75) is 24.2 Å². The van der Waals surface area contributed by atoms with Crippen molar-refractivity contribution in [3.05, 3.63) is 47.9 Å². The molecule has 1 N–H and O–H groups in total. The summed E-state index contributed by atoms with van der Waals surface area (Å²) in [4.78, 5) is 12.4. The zero-order valence-corrected chi connectivity index (χ0v) is 18.4. The maximum atomic E-state index is 13.1. The number of carbonyl (C=O) groups excluding carboxylic acids is 1. The molecule has 0 radical (unpaired) electrons. The molecule has 0 unspecified atom stereocenters. The van der Waals surface area contributed by atoms with Crippen molar-refractivity contribution in [1.29, 1.82) is 0 Å². The summed E-state index contributed by atoms with van der Waals surface area (Å²) in [5, 5.41) is 2.70. The maximum Gasteiger partial charge on any atom is 0.248 e. The first-order chi connectivity index (χ1) is 14.9. The summed E-state index contributed by atoms with van der Waals surface area (Å²) in [5.41, 5.74) is 0.356. The number of rotatable bonds is 7. The van der Waals surface area contributed by atoms with Gasteiger partial charge in [-0.1, -0.05) is 6.92 Å². The molecule has 2 atom stereocenters. The zero-order valence-electron chi connectivity index (χ0n) is 17.5. The van der Waals surface area contributed by atoms with Crippen LogP contribution in [-0.4, -0.2) is 52.0 Å². The molecule has 2 heterocycles. The number of sulfonamides is 1. The van der Waals surface area contributed by atoms with Crippen LogP contribution in [0.1, 0.15) is 30.8 Å². The van der Waals surface area contributed by atoms with E-state index in [1.807, 2.05) is 12.1 Å². The number of benzene rings is 1. The van der Waals surface area contributed by atoms with E-state index in [0.717, 1.165) is 12.2 Å². The lowest BCUT2D eigenvalue weighted by Gasteiger charge is -2.26. The number of morpholine rings is 1. The van der Waals surface area contributed by atoms with Crippen molar-refractivity contribution in [1.82, 2.24) is 4.31 Å². The van der Waals surface area contributed by atoms with Crippen molar-refractivity contribution in [3.63, 3.8) is 0 Å². The first kappa shape index (κ1) is 21.6. The Bertz CT molecular complexity index is 1090. The molecule has 2 fully saturated rings. The van der Waals surface area contributed by atoms with E-state index in [1.165, 1.54) is 29.6 Å². The molecule has 1 aromatic carbocycles. The molecule has 1 saturated heterocycles. The van der Waals surface area contributed by atoms with Crippen LogP contribution >= 0.6 is 0 Å². The van der Waals surface area contributed by atoms with Gasteiger partial charge >= 0.3 is 0 Å². The summed E-state index contributed by atoms with van der Waals surface area (Å²) < 4.78 is 43.7. The number of nitrogens with zero attached hydrogens (tertiary/aromatic N) is 1. The lowest BCUT2D eigenvalue weighted by Crippen LogP contribution is -2.40. The van der Waals surface area contributed by atoms with Gasteiger partial charge in [0.25, 0.3) is 0 Å². The number of hydrogen-bond donors (Lipinski definition) is 1. The van der Waals surface area contributed by atoms with Crippen LogP contribution in [0.25, 0.3) is 6.08 Å². The van der Waals surface area contributed by atoms with Gasteiger partial charge in [0.05, 0.1) is 20.3 Å². The van der Waals surface area contributed by atoms with Gasteiger partial charge in [-0.05, 0) is 48.7 Å². The van der Waals surface area contributed by atoms with Crippen LogP contribution in [0.15, 0.2) is 45.7 Å². The standard InChI is InChI=1S/C22H26N2O6S/c1-15-13-18(15)19-7-4-17(30-19)5-8-22(25)23-16-3-6-20(28-2)21(14-16)31(26,27)24-9-11-29-12-10-24/h3-8,14-15,18H,9-13H2,1-2H3,(H,23,25)/b8-5-/t15-,18-/m1/s1. The molecule has 1 aromatic heterocycles. The molecule has 0 bridgehead atoms. The SMILES string of the molecule is COc1ccc(NC(=O)/C=C\c2ccc([C@@H]3C[C@H]3C)o2)cc1S(=O)(=O)N1CCOCC1. The minimum absolute atomic E-state index is 0.00732. The molecule has 9 heteroatoms. The molecule has 2 aliphatic rings. The lowest BCUT2D eigenvalue weighted by atomic mass is 10.3. The van der Waals surface area contributed by atoms with Crippen molar-refractivity contribution < 1.29 is 27.1 Å². The van der Waals surface area contributed by atoms with Crippen molar-refractivity contribution >= 4 is 27.7 Å². The van der Waals surface area contributed by atoms with Crippen LogP contribution in [0.3, 0.4) is 0 Å². The quantitative estimate of drug-likeness (QED) is 0.657. The van der Waals surface area contributed by atoms with Gasteiger partial charge in [-0.3, -0.25) is 4.79 Å². The fourth-order valence-electron chi connectivity index (χ4n) is 3.60. The van der Waals surface area contributed by atoms with E-state index in [2.05, 4.69) is 12.2 Å². The predicted molar refractivity (Wildman–Crippen MR) is 115 cm³/mol. The van der Waals surface area contributed by atoms with Crippen LogP contribution < -0.4 is 10.1 Å². The first-order valence-electron chi connectivity index (χ1n) is 10.2. The molecule has 31 heavy (non-hydrogen) atoms. The lowest BCUT2D eigenvalue weighted by molar-refractivity contribution is -0.111. The van der Waals surface area contributed by atoms with Crippen molar-refractivity contribution in [2.75, 3.05) is 38.7 Å². The second kappa shape index (κ2) is 8.86. The number of ether oxygens (including phenoxy) is 2. The summed E-state index contributed by atoms with van der Waals surface area (Å²) in [5.74, 6) is 2.50. The van der Waals surface area contributed by atoms with Gasteiger partial charge in [0, 0.05) is 30.8 Å².